The Morgan fingerprint density at radius 1 is 1.31 bits per heavy atom. The number of aromatic nitrogens is 2. The molecule has 2 heterocycles. The van der Waals surface area contributed by atoms with Gasteiger partial charge in [-0.05, 0) is 69.1 Å². The predicted octanol–water partition coefficient (Wildman–Crippen LogP) is 5.04. The summed E-state index contributed by atoms with van der Waals surface area (Å²) in [5, 5.41) is 5.55. The molecule has 2 aromatic rings. The lowest BCUT2D eigenvalue weighted by atomic mass is 10.0. The van der Waals surface area contributed by atoms with Crippen molar-refractivity contribution in [3.05, 3.63) is 39.5 Å². The molecular weight excluding hydrogens is 384 g/mol. The van der Waals surface area contributed by atoms with Crippen LogP contribution in [-0.2, 0) is 13.5 Å². The Kier molecular flexibility index (Phi) is 5.60. The van der Waals surface area contributed by atoms with Gasteiger partial charge in [-0.25, -0.2) is 0 Å². The van der Waals surface area contributed by atoms with E-state index in [2.05, 4.69) is 31.7 Å². The van der Waals surface area contributed by atoms with Crippen LogP contribution in [0.5, 0.6) is 0 Å². The zero-order chi connectivity index (χ0) is 20.7. The molecule has 1 aromatic heterocycles. The zero-order valence-corrected chi connectivity index (χ0v) is 18.7. The molecule has 0 atom stereocenters. The minimum atomic E-state index is 0.128. The lowest BCUT2D eigenvalue weighted by Crippen LogP contribution is -2.35. The van der Waals surface area contributed by atoms with E-state index in [1.807, 2.05) is 18.0 Å². The number of rotatable bonds is 6. The van der Waals surface area contributed by atoms with Crippen molar-refractivity contribution in [2.75, 3.05) is 24.5 Å². The molecule has 6 heteroatoms. The number of hydrogen-bond donors (Lipinski definition) is 0. The van der Waals surface area contributed by atoms with E-state index in [1.54, 1.807) is 4.68 Å². The maximum atomic E-state index is 13.5. The van der Waals surface area contributed by atoms with Crippen LogP contribution >= 0.6 is 11.6 Å². The van der Waals surface area contributed by atoms with Gasteiger partial charge in [-0.15, -0.1) is 0 Å². The fourth-order valence-electron chi connectivity index (χ4n) is 4.56. The average molecular weight is 415 g/mol. The second-order valence-corrected chi connectivity index (χ2v) is 9.04. The van der Waals surface area contributed by atoms with E-state index < -0.39 is 0 Å². The molecular formula is C23H31ClN4O. The SMILES string of the molecule is CCCN(CC1CC1)C(=O)c1c2c(nn1C)N(c1c(C)cc(C)cc1Cl)CCC2. The summed E-state index contributed by atoms with van der Waals surface area (Å²) < 4.78 is 1.79. The third kappa shape index (κ3) is 3.89. The number of carbonyl (C=O) groups excluding carboxylic acids is 1. The molecule has 1 saturated carbocycles. The Morgan fingerprint density at radius 3 is 2.72 bits per heavy atom. The van der Waals surface area contributed by atoms with Gasteiger partial charge in [0, 0.05) is 32.2 Å². The number of aryl methyl sites for hydroxylation is 3. The molecule has 1 aliphatic heterocycles. The summed E-state index contributed by atoms with van der Waals surface area (Å²) in [7, 11) is 1.90. The van der Waals surface area contributed by atoms with Gasteiger partial charge in [0.15, 0.2) is 5.82 Å². The summed E-state index contributed by atoms with van der Waals surface area (Å²) in [4.78, 5) is 17.7. The Labute approximate surface area is 178 Å². The molecule has 1 fully saturated rings. The van der Waals surface area contributed by atoms with Crippen molar-refractivity contribution < 1.29 is 4.79 Å². The van der Waals surface area contributed by atoms with E-state index in [4.69, 9.17) is 16.7 Å². The number of nitrogens with zero attached hydrogens (tertiary/aromatic N) is 4. The van der Waals surface area contributed by atoms with Gasteiger partial charge in [0.25, 0.3) is 5.91 Å². The molecule has 0 spiro atoms. The number of benzene rings is 1. The predicted molar refractivity (Wildman–Crippen MR) is 118 cm³/mol. The van der Waals surface area contributed by atoms with Gasteiger partial charge in [0.1, 0.15) is 5.69 Å². The lowest BCUT2D eigenvalue weighted by molar-refractivity contribution is 0.0735. The first kappa shape index (κ1) is 20.3. The van der Waals surface area contributed by atoms with Crippen molar-refractivity contribution in [2.45, 2.75) is 52.9 Å². The molecule has 1 aliphatic carbocycles. The highest BCUT2D eigenvalue weighted by Gasteiger charge is 2.34. The molecule has 156 valence electrons. The summed E-state index contributed by atoms with van der Waals surface area (Å²) in [5.74, 6) is 1.70. The van der Waals surface area contributed by atoms with E-state index in [1.165, 1.54) is 12.8 Å². The van der Waals surface area contributed by atoms with Crippen LogP contribution in [0.2, 0.25) is 5.02 Å². The van der Waals surface area contributed by atoms with Crippen LogP contribution < -0.4 is 4.90 Å². The first-order chi connectivity index (χ1) is 13.9. The van der Waals surface area contributed by atoms with Crippen LogP contribution in [0.4, 0.5) is 11.5 Å². The van der Waals surface area contributed by atoms with Crippen molar-refractivity contribution in [1.29, 1.82) is 0 Å². The Balaban J connectivity index is 1.73. The van der Waals surface area contributed by atoms with E-state index >= 15 is 0 Å². The quantitative estimate of drug-likeness (QED) is 0.665. The maximum absolute atomic E-state index is 13.5. The van der Waals surface area contributed by atoms with Crippen LogP contribution in [0, 0.1) is 19.8 Å². The summed E-state index contributed by atoms with van der Waals surface area (Å²) in [6.07, 6.45) is 5.33. The van der Waals surface area contributed by atoms with Gasteiger partial charge in [-0.2, -0.15) is 5.10 Å². The third-order valence-electron chi connectivity index (χ3n) is 6.02. The summed E-state index contributed by atoms with van der Waals surface area (Å²) in [6.45, 7) is 8.83. The number of anilines is 2. The summed E-state index contributed by atoms with van der Waals surface area (Å²) in [5.41, 5.74) is 5.12. The van der Waals surface area contributed by atoms with Gasteiger partial charge in [0.2, 0.25) is 0 Å². The highest BCUT2D eigenvalue weighted by atomic mass is 35.5. The smallest absolute Gasteiger partial charge is 0.272 e. The van der Waals surface area contributed by atoms with Gasteiger partial charge in [0.05, 0.1) is 10.7 Å². The van der Waals surface area contributed by atoms with Crippen molar-refractivity contribution in [3.63, 3.8) is 0 Å². The van der Waals surface area contributed by atoms with E-state index in [0.29, 0.717) is 5.92 Å². The van der Waals surface area contributed by atoms with Crippen molar-refractivity contribution in [3.8, 4) is 0 Å². The number of amides is 1. The summed E-state index contributed by atoms with van der Waals surface area (Å²) in [6, 6.07) is 4.16. The summed E-state index contributed by atoms with van der Waals surface area (Å²) >= 11 is 6.65. The van der Waals surface area contributed by atoms with Crippen LogP contribution in [0.25, 0.3) is 0 Å². The average Bonchev–Trinajstić information content (AvgIpc) is 3.40. The number of fused-ring (bicyclic) bond motifs is 1. The molecule has 0 N–H and O–H groups in total. The minimum Gasteiger partial charge on any atom is -0.337 e. The molecule has 1 amide bonds. The van der Waals surface area contributed by atoms with E-state index in [-0.39, 0.29) is 5.91 Å². The largest absolute Gasteiger partial charge is 0.337 e. The second-order valence-electron chi connectivity index (χ2n) is 8.64. The van der Waals surface area contributed by atoms with Crippen LogP contribution in [0.1, 0.15) is 59.8 Å². The van der Waals surface area contributed by atoms with Crippen LogP contribution in [0.15, 0.2) is 12.1 Å². The van der Waals surface area contributed by atoms with Gasteiger partial charge in [-0.1, -0.05) is 24.6 Å². The molecule has 4 rings (SSSR count). The fourth-order valence-corrected chi connectivity index (χ4v) is 4.99. The second kappa shape index (κ2) is 8.02. The topological polar surface area (TPSA) is 41.4 Å². The first-order valence-corrected chi connectivity index (χ1v) is 11.2. The van der Waals surface area contributed by atoms with E-state index in [0.717, 1.165) is 77.8 Å². The Bertz CT molecular complexity index is 908. The normalized spacial score (nSPS) is 16.1. The molecule has 0 saturated heterocycles. The third-order valence-corrected chi connectivity index (χ3v) is 6.30. The van der Waals surface area contributed by atoms with Crippen LogP contribution in [0.3, 0.4) is 0 Å². The molecule has 0 unspecified atom stereocenters. The zero-order valence-electron chi connectivity index (χ0n) is 18.0. The van der Waals surface area contributed by atoms with E-state index in [9.17, 15) is 4.79 Å². The maximum Gasteiger partial charge on any atom is 0.272 e. The van der Waals surface area contributed by atoms with Gasteiger partial charge in [-0.3, -0.25) is 9.48 Å². The fraction of sp³-hybridized carbons (Fsp3) is 0.565. The molecule has 0 radical (unpaired) electrons. The number of hydrogen-bond acceptors (Lipinski definition) is 3. The van der Waals surface area contributed by atoms with Gasteiger partial charge < -0.3 is 9.80 Å². The van der Waals surface area contributed by atoms with Crippen LogP contribution in [-0.4, -0.2) is 40.2 Å². The molecule has 5 nitrogen and oxygen atoms in total. The van der Waals surface area contributed by atoms with Crippen molar-refractivity contribution >= 4 is 29.0 Å². The number of carbonyl (C=O) groups is 1. The Morgan fingerprint density at radius 2 is 2.07 bits per heavy atom. The lowest BCUT2D eigenvalue weighted by Gasteiger charge is -2.30. The highest BCUT2D eigenvalue weighted by Crippen LogP contribution is 2.40. The molecule has 29 heavy (non-hydrogen) atoms. The first-order valence-electron chi connectivity index (χ1n) is 10.8. The van der Waals surface area contributed by atoms with Crippen molar-refractivity contribution in [1.82, 2.24) is 14.7 Å². The molecule has 1 aromatic carbocycles. The number of halogens is 1. The van der Waals surface area contributed by atoms with Gasteiger partial charge >= 0.3 is 0 Å². The standard InChI is InChI=1S/C23H31ClN4O/c1-5-10-27(14-17-8-9-17)23(29)21-18-7-6-11-28(22(18)25-26(21)4)20-16(3)12-15(2)13-19(20)24/h12-13,17H,5-11,14H2,1-4H3. The molecule has 0 bridgehead atoms. The minimum absolute atomic E-state index is 0.128. The monoisotopic (exact) mass is 414 g/mol. The highest BCUT2D eigenvalue weighted by molar-refractivity contribution is 6.33. The molecule has 2 aliphatic rings. The van der Waals surface area contributed by atoms with Crippen molar-refractivity contribution in [2.24, 2.45) is 13.0 Å². The Hall–Kier alpha value is -2.01.